The third-order valence-electron chi connectivity index (χ3n) is 5.76. The Bertz CT molecular complexity index is 1530. The number of pyridine rings is 1. The van der Waals surface area contributed by atoms with E-state index in [1.807, 2.05) is 6.92 Å². The highest BCUT2D eigenvalue weighted by Gasteiger charge is 2.37. The smallest absolute Gasteiger partial charge is 0.213 e. The first-order chi connectivity index (χ1) is 17.4. The van der Waals surface area contributed by atoms with Crippen LogP contribution < -0.4 is 14.2 Å². The highest BCUT2D eigenvalue weighted by atomic mass is 35.5. The fourth-order valence-corrected chi connectivity index (χ4v) is 5.88. The predicted molar refractivity (Wildman–Crippen MR) is 135 cm³/mol. The Morgan fingerprint density at radius 3 is 2.33 bits per heavy atom. The van der Waals surface area contributed by atoms with Crippen LogP contribution in [-0.2, 0) is 15.6 Å². The van der Waals surface area contributed by atoms with E-state index < -0.39 is 9.84 Å². The van der Waals surface area contributed by atoms with Crippen molar-refractivity contribution in [2.24, 2.45) is 0 Å². The number of sulfone groups is 1. The number of rotatable bonds is 9. The van der Waals surface area contributed by atoms with Gasteiger partial charge in [-0.2, -0.15) is 0 Å². The summed E-state index contributed by atoms with van der Waals surface area (Å²) in [5.74, 6) is 1.48. The Kier molecular flexibility index (Phi) is 6.44. The molecule has 0 unspecified atom stereocenters. The summed E-state index contributed by atoms with van der Waals surface area (Å²) in [6.07, 6.45) is 1.30. The van der Waals surface area contributed by atoms with Gasteiger partial charge in [0.1, 0.15) is 22.9 Å². The lowest BCUT2D eigenvalue weighted by Crippen LogP contribution is -2.12. The molecule has 1 aliphatic carbocycles. The highest BCUT2D eigenvalue weighted by molar-refractivity contribution is 7.91. The van der Waals surface area contributed by atoms with Crippen LogP contribution in [0, 0.1) is 0 Å². The molecule has 1 saturated carbocycles. The van der Waals surface area contributed by atoms with Crippen molar-refractivity contribution >= 4 is 32.7 Å². The zero-order chi connectivity index (χ0) is 25.4. The average molecular weight is 530 g/mol. The van der Waals surface area contributed by atoms with Crippen molar-refractivity contribution in [2.75, 3.05) is 20.8 Å². The van der Waals surface area contributed by atoms with Crippen molar-refractivity contribution in [3.8, 4) is 34.6 Å². The molecule has 0 atom stereocenters. The number of imidazole rings is 1. The highest BCUT2D eigenvalue weighted by Crippen LogP contribution is 2.38. The van der Waals surface area contributed by atoms with E-state index in [0.29, 0.717) is 59.7 Å². The van der Waals surface area contributed by atoms with E-state index in [4.69, 9.17) is 25.8 Å². The van der Waals surface area contributed by atoms with E-state index in [0.717, 1.165) is 0 Å². The molecule has 3 heterocycles. The molecule has 36 heavy (non-hydrogen) atoms. The van der Waals surface area contributed by atoms with Gasteiger partial charge in [0.05, 0.1) is 37.5 Å². The maximum Gasteiger partial charge on any atom is 0.213 e. The Hall–Kier alpha value is -3.44. The van der Waals surface area contributed by atoms with Crippen molar-refractivity contribution in [1.82, 2.24) is 24.5 Å². The molecule has 0 saturated heterocycles. The number of para-hydroxylation sites is 1. The predicted octanol–water partition coefficient (Wildman–Crippen LogP) is 4.02. The summed E-state index contributed by atoms with van der Waals surface area (Å²) in [5.41, 5.74) is 1.67. The molecule has 0 spiro atoms. The number of methoxy groups -OCH3 is 2. The quantitative estimate of drug-likeness (QED) is 0.316. The fourth-order valence-electron chi connectivity index (χ4n) is 3.94. The molecule has 1 aliphatic rings. The summed E-state index contributed by atoms with van der Waals surface area (Å²) in [7, 11) is -0.301. The molecule has 5 rings (SSSR count). The number of hydrogen-bond donors (Lipinski definition) is 0. The van der Waals surface area contributed by atoms with Gasteiger partial charge in [-0.15, -0.1) is 0 Å². The van der Waals surface area contributed by atoms with Crippen LogP contribution in [-0.4, -0.2) is 59.0 Å². The molecule has 4 aromatic rings. The lowest BCUT2D eigenvalue weighted by atomic mass is 10.2. The molecule has 0 aliphatic heterocycles. The third-order valence-corrected chi connectivity index (χ3v) is 8.22. The Morgan fingerprint density at radius 1 is 1.00 bits per heavy atom. The van der Waals surface area contributed by atoms with Gasteiger partial charge in [-0.05, 0) is 38.0 Å². The number of fused-ring (bicyclic) bond motifs is 1. The molecule has 1 fully saturated rings. The van der Waals surface area contributed by atoms with Gasteiger partial charge in [-0.1, -0.05) is 23.7 Å². The summed E-state index contributed by atoms with van der Waals surface area (Å²) in [5, 5.41) is -0.364. The topological polar surface area (TPSA) is 118 Å². The summed E-state index contributed by atoms with van der Waals surface area (Å²) >= 11 is 6.40. The van der Waals surface area contributed by atoms with Gasteiger partial charge in [0.25, 0.3) is 0 Å². The number of nitrogens with zero attached hydrogens (tertiary/aromatic N) is 5. The van der Waals surface area contributed by atoms with E-state index in [1.165, 1.54) is 0 Å². The van der Waals surface area contributed by atoms with Crippen LogP contribution in [0.15, 0.2) is 36.4 Å². The summed E-state index contributed by atoms with van der Waals surface area (Å²) in [4.78, 5) is 18.3. The molecule has 12 heteroatoms. The third kappa shape index (κ3) is 4.44. The van der Waals surface area contributed by atoms with Gasteiger partial charge in [0, 0.05) is 6.07 Å². The molecule has 10 nitrogen and oxygen atoms in total. The number of halogens is 1. The van der Waals surface area contributed by atoms with Gasteiger partial charge < -0.3 is 14.2 Å². The van der Waals surface area contributed by atoms with E-state index >= 15 is 0 Å². The van der Waals surface area contributed by atoms with Crippen LogP contribution >= 0.6 is 11.6 Å². The monoisotopic (exact) mass is 529 g/mol. The van der Waals surface area contributed by atoms with Crippen molar-refractivity contribution in [3.63, 3.8) is 0 Å². The van der Waals surface area contributed by atoms with Gasteiger partial charge >= 0.3 is 0 Å². The first-order valence-electron chi connectivity index (χ1n) is 11.3. The standard InChI is InChI=1S/C24H24ClN5O5S/c1-4-35-19-10-5-7-15(26-19)23-29-22-24(30(23)20-17(33-2)8-6-9-18(20)34-3)27-16(21(25)28-22)13-36(31,32)14-11-12-14/h5-10,14H,4,11-13H2,1-3H3. The maximum atomic E-state index is 12.7. The zero-order valence-electron chi connectivity index (χ0n) is 19.9. The van der Waals surface area contributed by atoms with E-state index in [-0.39, 0.29) is 27.5 Å². The van der Waals surface area contributed by atoms with Crippen molar-refractivity contribution < 1.29 is 22.6 Å². The summed E-state index contributed by atoms with van der Waals surface area (Å²) < 4.78 is 44.0. The van der Waals surface area contributed by atoms with Crippen molar-refractivity contribution in [3.05, 3.63) is 47.2 Å². The van der Waals surface area contributed by atoms with Crippen molar-refractivity contribution in [1.29, 1.82) is 0 Å². The largest absolute Gasteiger partial charge is 0.494 e. The van der Waals surface area contributed by atoms with Gasteiger partial charge in [0.15, 0.2) is 32.1 Å². The minimum absolute atomic E-state index is 0.00839. The second kappa shape index (κ2) is 9.55. The van der Waals surface area contributed by atoms with Crippen LogP contribution in [0.25, 0.3) is 28.5 Å². The Morgan fingerprint density at radius 2 is 1.69 bits per heavy atom. The van der Waals surface area contributed by atoms with E-state index in [1.54, 1.807) is 55.2 Å². The van der Waals surface area contributed by atoms with Gasteiger partial charge in [-0.25, -0.2) is 28.4 Å². The average Bonchev–Trinajstić information content (AvgIpc) is 3.67. The first-order valence-corrected chi connectivity index (χ1v) is 13.4. The molecule has 0 radical (unpaired) electrons. The number of aromatic nitrogens is 5. The van der Waals surface area contributed by atoms with Crippen LogP contribution in [0.1, 0.15) is 25.5 Å². The minimum Gasteiger partial charge on any atom is -0.494 e. The number of ether oxygens (including phenoxy) is 3. The van der Waals surface area contributed by atoms with Crippen LogP contribution in [0.3, 0.4) is 0 Å². The molecular weight excluding hydrogens is 506 g/mol. The summed E-state index contributed by atoms with van der Waals surface area (Å²) in [6, 6.07) is 10.7. The first kappa shape index (κ1) is 24.3. The number of hydrogen-bond acceptors (Lipinski definition) is 9. The minimum atomic E-state index is -3.39. The molecule has 0 amide bonds. The normalized spacial score (nSPS) is 13.7. The van der Waals surface area contributed by atoms with Crippen molar-refractivity contribution in [2.45, 2.75) is 30.8 Å². The molecular formula is C24H24ClN5O5S. The van der Waals surface area contributed by atoms with Gasteiger partial charge in [-0.3, -0.25) is 4.57 Å². The number of benzene rings is 1. The molecule has 0 N–H and O–H groups in total. The SMILES string of the molecule is CCOc1cccc(-c2nc3nc(Cl)c(CS(=O)(=O)C4CC4)nc3n2-c2c(OC)cccc2OC)n1. The van der Waals surface area contributed by atoms with E-state index in [9.17, 15) is 8.42 Å². The lowest BCUT2D eigenvalue weighted by Gasteiger charge is -2.16. The molecule has 0 bridgehead atoms. The fraction of sp³-hybridized carbons (Fsp3) is 0.333. The Labute approximate surface area is 213 Å². The molecule has 3 aromatic heterocycles. The van der Waals surface area contributed by atoms with Crippen LogP contribution in [0.2, 0.25) is 5.15 Å². The van der Waals surface area contributed by atoms with Gasteiger partial charge in [0.2, 0.25) is 5.88 Å². The Balaban J connectivity index is 1.80. The maximum absolute atomic E-state index is 12.7. The van der Waals surface area contributed by atoms with Crippen LogP contribution in [0.5, 0.6) is 17.4 Å². The molecule has 1 aromatic carbocycles. The summed E-state index contributed by atoms with van der Waals surface area (Å²) in [6.45, 7) is 2.32. The zero-order valence-corrected chi connectivity index (χ0v) is 21.5. The van der Waals surface area contributed by atoms with Crippen LogP contribution in [0.4, 0.5) is 0 Å². The second-order valence-electron chi connectivity index (χ2n) is 8.19. The second-order valence-corrected chi connectivity index (χ2v) is 10.8. The van der Waals surface area contributed by atoms with E-state index in [2.05, 4.69) is 19.9 Å². The lowest BCUT2D eigenvalue weighted by molar-refractivity contribution is 0.327. The molecule has 188 valence electrons.